The van der Waals surface area contributed by atoms with Gasteiger partial charge in [-0.25, -0.2) is 9.31 Å². The lowest BCUT2D eigenvalue weighted by molar-refractivity contribution is 0.0214. The van der Waals surface area contributed by atoms with Gasteiger partial charge in [0.1, 0.15) is 17.4 Å². The first-order chi connectivity index (χ1) is 14.8. The van der Waals surface area contributed by atoms with E-state index < -0.39 is 0 Å². The molecule has 1 saturated carbocycles. The molecule has 0 aliphatic heterocycles. The Kier molecular flexibility index (Phi) is 5.06. The van der Waals surface area contributed by atoms with Gasteiger partial charge in [-0.15, -0.1) is 0 Å². The number of nitrogens with zero attached hydrogens (tertiary/aromatic N) is 2. The van der Waals surface area contributed by atoms with Crippen LogP contribution in [0.15, 0.2) is 79.0 Å². The molecule has 0 saturated heterocycles. The first kappa shape index (κ1) is 18.6. The van der Waals surface area contributed by atoms with Crippen molar-refractivity contribution in [3.8, 4) is 22.4 Å². The minimum atomic E-state index is -0.273. The molecule has 30 heavy (non-hydrogen) atoms. The monoisotopic (exact) mass is 396 g/mol. The highest BCUT2D eigenvalue weighted by Crippen LogP contribution is 2.30. The lowest BCUT2D eigenvalue weighted by Crippen LogP contribution is -2.21. The zero-order valence-corrected chi connectivity index (χ0v) is 16.8. The molecule has 5 rings (SSSR count). The fraction of sp³-hybridized carbons (Fsp3) is 0.231. The highest BCUT2D eigenvalue weighted by molar-refractivity contribution is 6.03. The molecule has 1 aliphatic rings. The molecule has 2 aromatic carbocycles. The molecule has 150 valence electrons. The van der Waals surface area contributed by atoms with Crippen LogP contribution in [-0.2, 0) is 4.74 Å². The van der Waals surface area contributed by atoms with Crippen LogP contribution in [0.2, 0.25) is 0 Å². The number of fused-ring (bicyclic) bond motifs is 1. The molecule has 4 heteroatoms. The smallest absolute Gasteiger partial charge is 0.342 e. The van der Waals surface area contributed by atoms with Crippen molar-refractivity contribution in [2.24, 2.45) is 0 Å². The van der Waals surface area contributed by atoms with E-state index in [-0.39, 0.29) is 12.1 Å². The predicted octanol–water partition coefficient (Wildman–Crippen LogP) is 6.16. The van der Waals surface area contributed by atoms with Crippen LogP contribution < -0.4 is 0 Å². The number of carbonyl (C=O) groups is 1. The molecular weight excluding hydrogens is 372 g/mol. The molecule has 0 radical (unpaired) electrons. The van der Waals surface area contributed by atoms with Crippen molar-refractivity contribution in [2.45, 2.75) is 38.2 Å². The summed E-state index contributed by atoms with van der Waals surface area (Å²) in [5.41, 5.74) is 5.20. The molecule has 2 aromatic heterocycles. The van der Waals surface area contributed by atoms with Crippen LogP contribution in [-0.4, -0.2) is 21.7 Å². The summed E-state index contributed by atoms with van der Waals surface area (Å²) in [5, 5.41) is 4.72. The molecule has 0 amide bonds. The van der Waals surface area contributed by atoms with Crippen molar-refractivity contribution in [3.05, 3.63) is 84.6 Å². The van der Waals surface area contributed by atoms with Gasteiger partial charge in [0.15, 0.2) is 0 Å². The Morgan fingerprint density at radius 2 is 1.47 bits per heavy atom. The number of ether oxygens (including phenoxy) is 1. The van der Waals surface area contributed by atoms with Gasteiger partial charge < -0.3 is 4.74 Å². The van der Waals surface area contributed by atoms with Crippen LogP contribution in [0.3, 0.4) is 0 Å². The molecule has 2 heterocycles. The van der Waals surface area contributed by atoms with E-state index in [0.717, 1.165) is 47.9 Å². The molecule has 0 bridgehead atoms. The topological polar surface area (TPSA) is 43.6 Å². The van der Waals surface area contributed by atoms with Gasteiger partial charge in [0.2, 0.25) is 0 Å². The van der Waals surface area contributed by atoms with Gasteiger partial charge in [-0.3, -0.25) is 0 Å². The first-order valence-electron chi connectivity index (χ1n) is 10.6. The lowest BCUT2D eigenvalue weighted by atomic mass is 9.97. The second-order valence-electron chi connectivity index (χ2n) is 7.86. The van der Waals surface area contributed by atoms with Crippen LogP contribution in [0.25, 0.3) is 27.9 Å². The molecule has 4 aromatic rings. The van der Waals surface area contributed by atoms with Crippen molar-refractivity contribution in [1.29, 1.82) is 0 Å². The van der Waals surface area contributed by atoms with E-state index in [2.05, 4.69) is 24.3 Å². The van der Waals surface area contributed by atoms with Crippen LogP contribution in [0.1, 0.15) is 42.5 Å². The molecular formula is C26H24N2O2. The van der Waals surface area contributed by atoms with Gasteiger partial charge in [-0.05, 0) is 48.9 Å². The highest BCUT2D eigenvalue weighted by atomic mass is 16.5. The largest absolute Gasteiger partial charge is 0.459 e. The summed E-state index contributed by atoms with van der Waals surface area (Å²) in [6.45, 7) is 0. The van der Waals surface area contributed by atoms with E-state index in [1.54, 1.807) is 4.52 Å². The Labute approximate surface area is 176 Å². The third kappa shape index (κ3) is 3.61. The Bertz CT molecular complexity index is 1160. The number of pyridine rings is 1. The fourth-order valence-electron chi connectivity index (χ4n) is 4.25. The maximum absolute atomic E-state index is 13.2. The van der Waals surface area contributed by atoms with E-state index in [0.29, 0.717) is 11.3 Å². The fourth-order valence-corrected chi connectivity index (χ4v) is 4.25. The van der Waals surface area contributed by atoms with Gasteiger partial charge in [0.05, 0.1) is 5.52 Å². The lowest BCUT2D eigenvalue weighted by Gasteiger charge is -2.21. The van der Waals surface area contributed by atoms with E-state index >= 15 is 0 Å². The predicted molar refractivity (Wildman–Crippen MR) is 118 cm³/mol. The molecule has 0 unspecified atom stereocenters. The summed E-state index contributed by atoms with van der Waals surface area (Å²) in [6.07, 6.45) is 7.26. The summed E-state index contributed by atoms with van der Waals surface area (Å²) in [5.74, 6) is -0.273. The zero-order chi connectivity index (χ0) is 20.3. The van der Waals surface area contributed by atoms with Crippen LogP contribution in [0.5, 0.6) is 0 Å². The Morgan fingerprint density at radius 3 is 2.23 bits per heavy atom. The van der Waals surface area contributed by atoms with Gasteiger partial charge in [-0.1, -0.05) is 67.1 Å². The average molecular weight is 396 g/mol. The number of aromatic nitrogens is 2. The van der Waals surface area contributed by atoms with E-state index in [1.807, 2.05) is 54.7 Å². The number of rotatable bonds is 4. The van der Waals surface area contributed by atoms with E-state index in [9.17, 15) is 4.79 Å². The maximum Gasteiger partial charge on any atom is 0.342 e. The van der Waals surface area contributed by atoms with Gasteiger partial charge in [0, 0.05) is 11.8 Å². The van der Waals surface area contributed by atoms with Crippen LogP contribution in [0.4, 0.5) is 0 Å². The summed E-state index contributed by atoms with van der Waals surface area (Å²) in [7, 11) is 0. The third-order valence-electron chi connectivity index (χ3n) is 5.84. The molecule has 0 spiro atoms. The molecule has 1 aliphatic carbocycles. The maximum atomic E-state index is 13.2. The minimum Gasteiger partial charge on any atom is -0.459 e. The average Bonchev–Trinajstić information content (AvgIpc) is 3.20. The van der Waals surface area contributed by atoms with Gasteiger partial charge in [-0.2, -0.15) is 5.10 Å². The van der Waals surface area contributed by atoms with E-state index in [4.69, 9.17) is 9.84 Å². The van der Waals surface area contributed by atoms with Crippen molar-refractivity contribution in [3.63, 3.8) is 0 Å². The van der Waals surface area contributed by atoms with Crippen LogP contribution >= 0.6 is 0 Å². The SMILES string of the molecule is O=C(OC1CCCCC1)c1c(-c2ccc(-c3ccccc3)cc2)nn2ccccc12. The van der Waals surface area contributed by atoms with Crippen molar-refractivity contribution in [2.75, 3.05) is 0 Å². The first-order valence-corrected chi connectivity index (χ1v) is 10.6. The van der Waals surface area contributed by atoms with Crippen LogP contribution in [0, 0.1) is 0 Å². The number of esters is 1. The number of hydrogen-bond donors (Lipinski definition) is 0. The Balaban J connectivity index is 1.52. The number of carbonyl (C=O) groups excluding carboxylic acids is 1. The second kappa shape index (κ2) is 8.15. The van der Waals surface area contributed by atoms with Crippen molar-refractivity contribution < 1.29 is 9.53 Å². The summed E-state index contributed by atoms with van der Waals surface area (Å²) >= 11 is 0. The van der Waals surface area contributed by atoms with Crippen molar-refractivity contribution in [1.82, 2.24) is 9.61 Å². The van der Waals surface area contributed by atoms with E-state index in [1.165, 1.54) is 6.42 Å². The van der Waals surface area contributed by atoms with Crippen molar-refractivity contribution >= 4 is 11.5 Å². The Morgan fingerprint density at radius 1 is 0.800 bits per heavy atom. The quantitative estimate of drug-likeness (QED) is 0.388. The normalized spacial score (nSPS) is 14.7. The molecule has 0 atom stereocenters. The van der Waals surface area contributed by atoms with Gasteiger partial charge >= 0.3 is 5.97 Å². The molecule has 1 fully saturated rings. The molecule has 0 N–H and O–H groups in total. The summed E-state index contributed by atoms with van der Waals surface area (Å²) in [6, 6.07) is 24.2. The standard InChI is InChI=1S/C26H24N2O2/c29-26(30-22-11-5-2-6-12-22)24-23-13-7-8-18-28(23)27-25(24)21-16-14-20(15-17-21)19-9-3-1-4-10-19/h1,3-4,7-10,13-18,22H,2,5-6,11-12H2. The third-order valence-corrected chi connectivity index (χ3v) is 5.84. The summed E-state index contributed by atoms with van der Waals surface area (Å²) < 4.78 is 7.67. The number of hydrogen-bond acceptors (Lipinski definition) is 3. The number of benzene rings is 2. The minimum absolute atomic E-state index is 0.0122. The highest BCUT2D eigenvalue weighted by Gasteiger charge is 2.25. The second-order valence-corrected chi connectivity index (χ2v) is 7.86. The van der Waals surface area contributed by atoms with Gasteiger partial charge in [0.25, 0.3) is 0 Å². The zero-order valence-electron chi connectivity index (χ0n) is 16.8. The summed E-state index contributed by atoms with van der Waals surface area (Å²) in [4.78, 5) is 13.2. The Hall–Kier alpha value is -3.40. The molecule has 4 nitrogen and oxygen atoms in total.